The van der Waals surface area contributed by atoms with E-state index in [1.807, 2.05) is 0 Å². The Balaban J connectivity index is 0.000000750. The van der Waals surface area contributed by atoms with Gasteiger partial charge in [-0.3, -0.25) is 4.90 Å². The van der Waals surface area contributed by atoms with Crippen LogP contribution in [-0.2, 0) is 0 Å². The lowest BCUT2D eigenvalue weighted by molar-refractivity contribution is 0.121. The molecule has 2 heterocycles. The monoisotopic (exact) mass is 216 g/mol. The molecular formula is C11H21ClN2. The Morgan fingerprint density at radius 2 is 1.64 bits per heavy atom. The number of nitrogens with one attached hydrogen (secondary N) is 1. The van der Waals surface area contributed by atoms with Crippen LogP contribution in [0.15, 0.2) is 0 Å². The standard InChI is InChI=1S/C11H20N2.ClH/c1-2-10-7-13(6-9-4-5-9)8-11(3-1)12-10;/h9-12H,1-8H2;1H. The van der Waals surface area contributed by atoms with E-state index in [0.717, 1.165) is 18.0 Å². The van der Waals surface area contributed by atoms with Gasteiger partial charge in [0.2, 0.25) is 0 Å². The number of piperazine rings is 1. The number of hydrogen-bond acceptors (Lipinski definition) is 2. The normalized spacial score (nSPS) is 37.7. The van der Waals surface area contributed by atoms with E-state index in [-0.39, 0.29) is 12.4 Å². The summed E-state index contributed by atoms with van der Waals surface area (Å²) in [7, 11) is 0. The second-order valence-electron chi connectivity index (χ2n) is 5.15. The molecule has 3 heteroatoms. The van der Waals surface area contributed by atoms with E-state index < -0.39 is 0 Å². The van der Waals surface area contributed by atoms with Crippen LogP contribution in [0.1, 0.15) is 32.1 Å². The van der Waals surface area contributed by atoms with Crippen LogP contribution in [0.5, 0.6) is 0 Å². The highest BCUT2D eigenvalue weighted by atomic mass is 35.5. The summed E-state index contributed by atoms with van der Waals surface area (Å²) in [5.41, 5.74) is 0. The largest absolute Gasteiger partial charge is 0.309 e. The molecule has 1 aliphatic carbocycles. The fourth-order valence-corrected chi connectivity index (χ4v) is 2.91. The van der Waals surface area contributed by atoms with Gasteiger partial charge in [0, 0.05) is 31.7 Å². The summed E-state index contributed by atoms with van der Waals surface area (Å²) >= 11 is 0. The minimum atomic E-state index is 0. The Labute approximate surface area is 92.8 Å². The number of rotatable bonds is 2. The Morgan fingerprint density at radius 1 is 1.00 bits per heavy atom. The van der Waals surface area contributed by atoms with Gasteiger partial charge < -0.3 is 5.32 Å². The summed E-state index contributed by atoms with van der Waals surface area (Å²) in [5.74, 6) is 1.07. The number of fused-ring (bicyclic) bond motifs is 2. The van der Waals surface area contributed by atoms with E-state index in [9.17, 15) is 0 Å². The van der Waals surface area contributed by atoms with Crippen molar-refractivity contribution in [2.24, 2.45) is 5.92 Å². The summed E-state index contributed by atoms with van der Waals surface area (Å²) in [4.78, 5) is 2.71. The summed E-state index contributed by atoms with van der Waals surface area (Å²) in [6.07, 6.45) is 7.29. The van der Waals surface area contributed by atoms with Crippen molar-refractivity contribution >= 4 is 12.4 Å². The van der Waals surface area contributed by atoms with Crippen molar-refractivity contribution in [2.75, 3.05) is 19.6 Å². The lowest BCUT2D eigenvalue weighted by Crippen LogP contribution is -2.58. The van der Waals surface area contributed by atoms with Crippen molar-refractivity contribution in [1.29, 1.82) is 0 Å². The lowest BCUT2D eigenvalue weighted by atomic mass is 9.94. The predicted octanol–water partition coefficient (Wildman–Crippen LogP) is 1.64. The lowest BCUT2D eigenvalue weighted by Gasteiger charge is -2.42. The number of nitrogens with zero attached hydrogens (tertiary/aromatic N) is 1. The van der Waals surface area contributed by atoms with Gasteiger partial charge in [-0.1, -0.05) is 6.42 Å². The third-order valence-corrected chi connectivity index (χ3v) is 3.75. The van der Waals surface area contributed by atoms with E-state index in [1.54, 1.807) is 0 Å². The van der Waals surface area contributed by atoms with Gasteiger partial charge in [0.25, 0.3) is 0 Å². The second-order valence-corrected chi connectivity index (χ2v) is 5.15. The predicted molar refractivity (Wildman–Crippen MR) is 61.0 cm³/mol. The first kappa shape index (κ1) is 10.7. The quantitative estimate of drug-likeness (QED) is 0.755. The highest BCUT2D eigenvalue weighted by molar-refractivity contribution is 5.85. The number of likely N-dealkylation sites (tertiary alicyclic amines) is 1. The molecule has 0 aromatic carbocycles. The van der Waals surface area contributed by atoms with Crippen LogP contribution in [-0.4, -0.2) is 36.6 Å². The molecule has 0 spiro atoms. The van der Waals surface area contributed by atoms with Gasteiger partial charge >= 0.3 is 0 Å². The van der Waals surface area contributed by atoms with Crippen LogP contribution >= 0.6 is 12.4 Å². The van der Waals surface area contributed by atoms with Gasteiger partial charge in [0.1, 0.15) is 0 Å². The molecule has 0 aromatic heterocycles. The Hall–Kier alpha value is 0.210. The highest BCUT2D eigenvalue weighted by Crippen LogP contribution is 2.31. The molecule has 1 N–H and O–H groups in total. The molecule has 0 radical (unpaired) electrons. The van der Waals surface area contributed by atoms with Crippen molar-refractivity contribution in [3.8, 4) is 0 Å². The van der Waals surface area contributed by atoms with Crippen molar-refractivity contribution in [3.63, 3.8) is 0 Å². The number of halogens is 1. The Kier molecular flexibility index (Phi) is 3.35. The van der Waals surface area contributed by atoms with Gasteiger partial charge in [0.15, 0.2) is 0 Å². The van der Waals surface area contributed by atoms with Gasteiger partial charge in [-0.05, 0) is 31.6 Å². The highest BCUT2D eigenvalue weighted by Gasteiger charge is 2.32. The first-order valence-electron chi connectivity index (χ1n) is 5.88. The summed E-state index contributed by atoms with van der Waals surface area (Å²) in [6, 6.07) is 1.65. The van der Waals surface area contributed by atoms with Gasteiger partial charge in [0.05, 0.1) is 0 Å². The first-order valence-corrected chi connectivity index (χ1v) is 5.88. The number of piperidine rings is 1. The molecule has 82 valence electrons. The minimum absolute atomic E-state index is 0. The summed E-state index contributed by atoms with van der Waals surface area (Å²) in [5, 5.41) is 3.73. The molecular weight excluding hydrogens is 196 g/mol. The van der Waals surface area contributed by atoms with Crippen LogP contribution in [0.3, 0.4) is 0 Å². The smallest absolute Gasteiger partial charge is 0.0198 e. The van der Waals surface area contributed by atoms with Crippen LogP contribution in [0.25, 0.3) is 0 Å². The molecule has 2 unspecified atom stereocenters. The van der Waals surface area contributed by atoms with E-state index in [2.05, 4.69) is 10.2 Å². The Bertz CT molecular complexity index is 182. The maximum absolute atomic E-state index is 3.73. The first-order chi connectivity index (χ1) is 6.40. The third-order valence-electron chi connectivity index (χ3n) is 3.75. The average Bonchev–Trinajstić information content (AvgIpc) is 2.87. The molecule has 14 heavy (non-hydrogen) atoms. The molecule has 2 atom stereocenters. The van der Waals surface area contributed by atoms with Crippen LogP contribution in [0.4, 0.5) is 0 Å². The van der Waals surface area contributed by atoms with E-state index in [4.69, 9.17) is 0 Å². The molecule has 2 saturated heterocycles. The third kappa shape index (κ3) is 2.41. The van der Waals surface area contributed by atoms with E-state index in [1.165, 1.54) is 51.7 Å². The molecule has 2 bridgehead atoms. The molecule has 1 saturated carbocycles. The van der Waals surface area contributed by atoms with Crippen molar-refractivity contribution in [3.05, 3.63) is 0 Å². The minimum Gasteiger partial charge on any atom is -0.309 e. The van der Waals surface area contributed by atoms with Crippen molar-refractivity contribution in [2.45, 2.75) is 44.2 Å². The molecule has 3 fully saturated rings. The molecule has 3 rings (SSSR count). The topological polar surface area (TPSA) is 15.3 Å². The van der Waals surface area contributed by atoms with Gasteiger partial charge in [-0.25, -0.2) is 0 Å². The number of hydrogen-bond donors (Lipinski definition) is 1. The molecule has 0 aromatic rings. The zero-order valence-electron chi connectivity index (χ0n) is 8.74. The fourth-order valence-electron chi connectivity index (χ4n) is 2.91. The Morgan fingerprint density at radius 3 is 2.21 bits per heavy atom. The fraction of sp³-hybridized carbons (Fsp3) is 1.00. The molecule has 2 nitrogen and oxygen atoms in total. The maximum atomic E-state index is 3.73. The molecule has 3 aliphatic rings. The van der Waals surface area contributed by atoms with Crippen LogP contribution in [0.2, 0.25) is 0 Å². The molecule has 2 aliphatic heterocycles. The van der Waals surface area contributed by atoms with Crippen LogP contribution in [0, 0.1) is 5.92 Å². The second kappa shape index (κ2) is 4.38. The SMILES string of the molecule is C1CC2CN(CC3CC3)CC(C1)N2.Cl. The molecule has 0 amide bonds. The zero-order chi connectivity index (χ0) is 8.67. The van der Waals surface area contributed by atoms with E-state index >= 15 is 0 Å². The van der Waals surface area contributed by atoms with E-state index in [0.29, 0.717) is 0 Å². The van der Waals surface area contributed by atoms with Crippen LogP contribution < -0.4 is 5.32 Å². The summed E-state index contributed by atoms with van der Waals surface area (Å²) < 4.78 is 0. The maximum Gasteiger partial charge on any atom is 0.0198 e. The summed E-state index contributed by atoms with van der Waals surface area (Å²) in [6.45, 7) is 4.05. The van der Waals surface area contributed by atoms with Gasteiger partial charge in [-0.2, -0.15) is 0 Å². The zero-order valence-corrected chi connectivity index (χ0v) is 9.56. The van der Waals surface area contributed by atoms with Gasteiger partial charge in [-0.15, -0.1) is 12.4 Å². The van der Waals surface area contributed by atoms with Crippen molar-refractivity contribution < 1.29 is 0 Å². The van der Waals surface area contributed by atoms with Crippen molar-refractivity contribution in [1.82, 2.24) is 10.2 Å². The average molecular weight is 217 g/mol.